The highest BCUT2D eigenvalue weighted by Crippen LogP contribution is 2.23. The number of primary sulfonamides is 1. The van der Waals surface area contributed by atoms with E-state index < -0.39 is 16.0 Å². The van der Waals surface area contributed by atoms with Crippen LogP contribution in [0.2, 0.25) is 0 Å². The molecule has 0 aliphatic rings. The number of hydrogen-bond donors (Lipinski definition) is 2. The van der Waals surface area contributed by atoms with E-state index in [2.05, 4.69) is 5.92 Å². The maximum Gasteiger partial charge on any atom is 0.337 e. The van der Waals surface area contributed by atoms with Gasteiger partial charge >= 0.3 is 5.97 Å². The van der Waals surface area contributed by atoms with Crippen molar-refractivity contribution in [2.24, 2.45) is 5.14 Å². The quantitative estimate of drug-likeness (QED) is 0.765. The topological polar surface area (TPSA) is 101 Å². The van der Waals surface area contributed by atoms with Crippen molar-refractivity contribution in [2.75, 3.05) is 18.0 Å². The Labute approximate surface area is 111 Å². The minimum Gasteiger partial charge on any atom is -0.478 e. The number of aromatic carboxylic acids is 1. The molecule has 0 saturated carbocycles. The van der Waals surface area contributed by atoms with E-state index in [0.29, 0.717) is 12.2 Å². The van der Waals surface area contributed by atoms with Crippen LogP contribution >= 0.6 is 0 Å². The molecule has 1 aromatic carbocycles. The summed E-state index contributed by atoms with van der Waals surface area (Å²) in [5.74, 6) is 1.18. The average molecular weight is 282 g/mol. The first kappa shape index (κ1) is 15.0. The van der Waals surface area contributed by atoms with Crippen LogP contribution in [0.25, 0.3) is 0 Å². The van der Waals surface area contributed by atoms with Crippen LogP contribution in [0.4, 0.5) is 5.69 Å². The largest absolute Gasteiger partial charge is 0.478 e. The molecule has 19 heavy (non-hydrogen) atoms. The van der Waals surface area contributed by atoms with Crippen LogP contribution in [0, 0.1) is 12.3 Å². The number of anilines is 1. The summed E-state index contributed by atoms with van der Waals surface area (Å²) in [7, 11) is -3.94. The number of sulfonamides is 1. The molecule has 102 valence electrons. The Bertz CT molecular complexity index is 632. The zero-order chi connectivity index (χ0) is 14.6. The lowest BCUT2D eigenvalue weighted by Gasteiger charge is -2.22. The van der Waals surface area contributed by atoms with Gasteiger partial charge in [-0.05, 0) is 25.1 Å². The van der Waals surface area contributed by atoms with Crippen LogP contribution in [0.3, 0.4) is 0 Å². The number of hydrogen-bond acceptors (Lipinski definition) is 4. The molecule has 0 aliphatic carbocycles. The summed E-state index contributed by atoms with van der Waals surface area (Å²) in [6.45, 7) is 2.54. The predicted molar refractivity (Wildman–Crippen MR) is 71.5 cm³/mol. The SMILES string of the molecule is C#CCN(CC)c1ccc(S(N)(=O)=O)cc1C(=O)O. The number of nitrogens with two attached hydrogens (primary N) is 1. The summed E-state index contributed by atoms with van der Waals surface area (Å²) in [6.07, 6.45) is 5.21. The van der Waals surface area contributed by atoms with E-state index in [0.717, 1.165) is 6.07 Å². The molecule has 0 aliphatic heterocycles. The molecule has 0 atom stereocenters. The number of nitrogens with zero attached hydrogens (tertiary/aromatic N) is 1. The van der Waals surface area contributed by atoms with Gasteiger partial charge in [-0.2, -0.15) is 0 Å². The Morgan fingerprint density at radius 1 is 1.53 bits per heavy atom. The Kier molecular flexibility index (Phi) is 4.53. The van der Waals surface area contributed by atoms with Crippen molar-refractivity contribution in [3.63, 3.8) is 0 Å². The van der Waals surface area contributed by atoms with Gasteiger partial charge in [0.15, 0.2) is 0 Å². The van der Waals surface area contributed by atoms with Crippen molar-refractivity contribution in [3.8, 4) is 12.3 Å². The number of rotatable bonds is 5. The molecule has 1 rings (SSSR count). The third-order valence-corrected chi connectivity index (χ3v) is 3.44. The summed E-state index contributed by atoms with van der Waals surface area (Å²) < 4.78 is 22.4. The fraction of sp³-hybridized carbons (Fsp3) is 0.250. The maximum atomic E-state index is 11.2. The van der Waals surface area contributed by atoms with Gasteiger partial charge in [0, 0.05) is 6.54 Å². The van der Waals surface area contributed by atoms with Crippen LogP contribution in [-0.2, 0) is 10.0 Å². The first-order valence-electron chi connectivity index (χ1n) is 5.39. The summed E-state index contributed by atoms with van der Waals surface area (Å²) in [5.41, 5.74) is 0.212. The van der Waals surface area contributed by atoms with Crippen molar-refractivity contribution in [3.05, 3.63) is 23.8 Å². The van der Waals surface area contributed by atoms with E-state index in [1.165, 1.54) is 12.1 Å². The molecule has 0 saturated heterocycles. The van der Waals surface area contributed by atoms with Crippen molar-refractivity contribution < 1.29 is 18.3 Å². The Balaban J connectivity index is 3.42. The van der Waals surface area contributed by atoms with Gasteiger partial charge in [0.25, 0.3) is 0 Å². The number of carboxylic acids is 1. The van der Waals surface area contributed by atoms with Gasteiger partial charge in [-0.15, -0.1) is 6.42 Å². The standard InChI is InChI=1S/C12H14N2O4S/c1-3-7-14(4-2)11-6-5-9(19(13,17)18)8-10(11)12(15)16/h1,5-6,8H,4,7H2,2H3,(H,15,16)(H2,13,17,18). The third-order valence-electron chi connectivity index (χ3n) is 2.53. The van der Waals surface area contributed by atoms with Gasteiger partial charge in [0.05, 0.1) is 22.7 Å². The van der Waals surface area contributed by atoms with Crippen LogP contribution < -0.4 is 10.0 Å². The minimum absolute atomic E-state index is 0.149. The fourth-order valence-corrected chi connectivity index (χ4v) is 2.16. The van der Waals surface area contributed by atoms with Crippen LogP contribution in [-0.4, -0.2) is 32.6 Å². The zero-order valence-electron chi connectivity index (χ0n) is 10.3. The first-order valence-corrected chi connectivity index (χ1v) is 6.94. The molecule has 0 spiro atoms. The van der Waals surface area contributed by atoms with Gasteiger partial charge < -0.3 is 10.0 Å². The second-order valence-electron chi connectivity index (χ2n) is 3.75. The highest BCUT2D eigenvalue weighted by molar-refractivity contribution is 7.89. The fourth-order valence-electron chi connectivity index (χ4n) is 1.62. The Hall–Kier alpha value is -2.04. The molecule has 0 heterocycles. The van der Waals surface area contributed by atoms with E-state index in [4.69, 9.17) is 16.7 Å². The van der Waals surface area contributed by atoms with E-state index in [1.807, 2.05) is 6.92 Å². The van der Waals surface area contributed by atoms with Crippen molar-refractivity contribution in [1.29, 1.82) is 0 Å². The highest BCUT2D eigenvalue weighted by Gasteiger charge is 2.18. The molecule has 0 radical (unpaired) electrons. The lowest BCUT2D eigenvalue weighted by molar-refractivity contribution is 0.0697. The lowest BCUT2D eigenvalue weighted by atomic mass is 10.1. The van der Waals surface area contributed by atoms with Gasteiger partial charge in [-0.25, -0.2) is 18.4 Å². The van der Waals surface area contributed by atoms with Crippen LogP contribution in [0.1, 0.15) is 17.3 Å². The zero-order valence-corrected chi connectivity index (χ0v) is 11.1. The highest BCUT2D eigenvalue weighted by atomic mass is 32.2. The molecular formula is C12H14N2O4S. The molecule has 0 fully saturated rings. The van der Waals surface area contributed by atoms with Crippen LogP contribution in [0.5, 0.6) is 0 Å². The molecule has 7 heteroatoms. The lowest BCUT2D eigenvalue weighted by Crippen LogP contribution is -2.25. The molecule has 0 aromatic heterocycles. The van der Waals surface area contributed by atoms with E-state index >= 15 is 0 Å². The van der Waals surface area contributed by atoms with Gasteiger partial charge in [-0.1, -0.05) is 5.92 Å². The van der Waals surface area contributed by atoms with E-state index in [1.54, 1.807) is 4.90 Å². The minimum atomic E-state index is -3.94. The van der Waals surface area contributed by atoms with Gasteiger partial charge in [0.1, 0.15) is 0 Å². The monoisotopic (exact) mass is 282 g/mol. The smallest absolute Gasteiger partial charge is 0.337 e. The third kappa shape index (κ3) is 3.47. The molecule has 3 N–H and O–H groups in total. The molecular weight excluding hydrogens is 268 g/mol. The van der Waals surface area contributed by atoms with Gasteiger partial charge in [-0.3, -0.25) is 0 Å². The second kappa shape index (κ2) is 5.73. The summed E-state index contributed by atoms with van der Waals surface area (Å²) >= 11 is 0. The van der Waals surface area contributed by atoms with E-state index in [9.17, 15) is 13.2 Å². The Morgan fingerprint density at radius 3 is 2.58 bits per heavy atom. The molecule has 6 nitrogen and oxygen atoms in total. The second-order valence-corrected chi connectivity index (χ2v) is 5.31. The summed E-state index contributed by atoms with van der Waals surface area (Å²) in [5, 5.41) is 14.1. The number of terminal acetylenes is 1. The molecule has 1 aromatic rings. The molecule has 0 amide bonds. The van der Waals surface area contributed by atoms with Crippen molar-refractivity contribution in [1.82, 2.24) is 0 Å². The molecule has 0 bridgehead atoms. The molecule has 0 unspecified atom stereocenters. The normalized spacial score (nSPS) is 10.8. The van der Waals surface area contributed by atoms with Crippen molar-refractivity contribution in [2.45, 2.75) is 11.8 Å². The van der Waals surface area contributed by atoms with Crippen LogP contribution in [0.15, 0.2) is 23.1 Å². The van der Waals surface area contributed by atoms with Crippen molar-refractivity contribution >= 4 is 21.7 Å². The number of benzene rings is 1. The first-order chi connectivity index (χ1) is 8.81. The summed E-state index contributed by atoms with van der Waals surface area (Å²) in [4.78, 5) is 12.6. The predicted octanol–water partition coefficient (Wildman–Crippen LogP) is 0.492. The maximum absolute atomic E-state index is 11.2. The summed E-state index contributed by atoms with van der Waals surface area (Å²) in [6, 6.07) is 3.69. The number of carbonyl (C=O) groups is 1. The number of carboxylic acid groups (broad SMARTS) is 1. The van der Waals surface area contributed by atoms with E-state index in [-0.39, 0.29) is 17.0 Å². The van der Waals surface area contributed by atoms with Gasteiger partial charge in [0.2, 0.25) is 10.0 Å². The average Bonchev–Trinajstić information content (AvgIpc) is 2.34. The Morgan fingerprint density at radius 2 is 2.16 bits per heavy atom.